The van der Waals surface area contributed by atoms with Crippen molar-refractivity contribution in [3.05, 3.63) is 55.7 Å². The molecule has 5 nitrogen and oxygen atoms in total. The van der Waals surface area contributed by atoms with Crippen LogP contribution in [0.4, 0.5) is 13.2 Å². The molecular formula is C17H14F3IN2O3. The van der Waals surface area contributed by atoms with E-state index in [1.807, 2.05) is 6.07 Å². The van der Waals surface area contributed by atoms with Crippen molar-refractivity contribution in [2.45, 2.75) is 25.9 Å². The number of hydrogen-bond acceptors (Lipinski definition) is 5. The van der Waals surface area contributed by atoms with Gasteiger partial charge in [-0.1, -0.05) is 6.07 Å². The van der Waals surface area contributed by atoms with E-state index < -0.39 is 23.6 Å². The van der Waals surface area contributed by atoms with E-state index in [-0.39, 0.29) is 38.5 Å². The number of hydrogen-bond donors (Lipinski definition) is 1. The number of benzene rings is 1. The Kier molecular flexibility index (Phi) is 5.85. The lowest BCUT2D eigenvalue weighted by Gasteiger charge is -2.27. The van der Waals surface area contributed by atoms with Gasteiger partial charge in [0.05, 0.1) is 23.7 Å². The second-order valence-electron chi connectivity index (χ2n) is 5.35. The molecule has 0 bridgehead atoms. The number of esters is 1. The standard InChI is InChI=1S/C17H14F3IN2O3/c1-3-25-16(24)13-8(2)26-15(23)10(7-22)14(13)9-4-5-12(21)11(6-9)17(18,19)20/h4-6,14H,3,23H2,1-2H3. The molecule has 26 heavy (non-hydrogen) atoms. The van der Waals surface area contributed by atoms with Crippen molar-refractivity contribution in [1.29, 1.82) is 5.26 Å². The molecule has 1 unspecified atom stereocenters. The summed E-state index contributed by atoms with van der Waals surface area (Å²) in [4.78, 5) is 12.4. The predicted molar refractivity (Wildman–Crippen MR) is 94.1 cm³/mol. The molecule has 0 fully saturated rings. The number of alkyl halides is 3. The van der Waals surface area contributed by atoms with Crippen molar-refractivity contribution in [3.8, 4) is 6.07 Å². The summed E-state index contributed by atoms with van der Waals surface area (Å²) in [5.41, 5.74) is 4.77. The summed E-state index contributed by atoms with van der Waals surface area (Å²) in [5.74, 6) is -2.06. The lowest BCUT2D eigenvalue weighted by atomic mass is 9.82. The monoisotopic (exact) mass is 478 g/mol. The molecule has 1 aromatic carbocycles. The summed E-state index contributed by atoms with van der Waals surface area (Å²) in [6.45, 7) is 3.09. The molecule has 1 aliphatic heterocycles. The van der Waals surface area contributed by atoms with E-state index >= 15 is 0 Å². The van der Waals surface area contributed by atoms with Crippen LogP contribution in [0.25, 0.3) is 0 Å². The van der Waals surface area contributed by atoms with Gasteiger partial charge in [0.2, 0.25) is 5.88 Å². The number of carbonyl (C=O) groups excluding carboxylic acids is 1. The quantitative estimate of drug-likeness (QED) is 0.526. The average Bonchev–Trinajstić information content (AvgIpc) is 2.53. The van der Waals surface area contributed by atoms with Gasteiger partial charge in [-0.25, -0.2) is 4.79 Å². The van der Waals surface area contributed by atoms with E-state index in [4.69, 9.17) is 15.2 Å². The van der Waals surface area contributed by atoms with Crippen molar-refractivity contribution in [2.75, 3.05) is 6.61 Å². The van der Waals surface area contributed by atoms with Gasteiger partial charge in [-0.3, -0.25) is 0 Å². The van der Waals surface area contributed by atoms with Crippen LogP contribution in [0.2, 0.25) is 0 Å². The topological polar surface area (TPSA) is 85.3 Å². The SMILES string of the molecule is CCOC(=O)C1=C(C)OC(N)=C(C#N)C1c1ccc(I)c(C(F)(F)F)c1. The van der Waals surface area contributed by atoms with E-state index in [1.54, 1.807) is 29.5 Å². The molecule has 0 saturated heterocycles. The van der Waals surface area contributed by atoms with E-state index in [0.717, 1.165) is 6.07 Å². The van der Waals surface area contributed by atoms with Crippen molar-refractivity contribution in [2.24, 2.45) is 5.73 Å². The van der Waals surface area contributed by atoms with Crippen LogP contribution in [-0.2, 0) is 20.4 Å². The largest absolute Gasteiger partial charge is 0.463 e. The Morgan fingerprint density at radius 3 is 2.65 bits per heavy atom. The third kappa shape index (κ3) is 3.80. The number of nitrogens with two attached hydrogens (primary N) is 1. The highest BCUT2D eigenvalue weighted by Gasteiger charge is 2.39. The van der Waals surface area contributed by atoms with E-state index in [1.165, 1.54) is 19.1 Å². The Morgan fingerprint density at radius 1 is 1.46 bits per heavy atom. The van der Waals surface area contributed by atoms with Gasteiger partial charge in [-0.05, 0) is 54.1 Å². The van der Waals surface area contributed by atoms with E-state index in [2.05, 4.69) is 0 Å². The smallest absolute Gasteiger partial charge is 0.417 e. The third-order valence-electron chi connectivity index (χ3n) is 3.73. The fraction of sp³-hybridized carbons (Fsp3) is 0.294. The second-order valence-corrected chi connectivity index (χ2v) is 6.51. The summed E-state index contributed by atoms with van der Waals surface area (Å²) in [6, 6.07) is 5.43. The first kappa shape index (κ1) is 20.1. The van der Waals surface area contributed by atoms with Gasteiger partial charge in [0.1, 0.15) is 17.4 Å². The minimum absolute atomic E-state index is 0.000227. The van der Waals surface area contributed by atoms with Crippen LogP contribution in [-0.4, -0.2) is 12.6 Å². The van der Waals surface area contributed by atoms with Crippen LogP contribution in [0, 0.1) is 14.9 Å². The highest BCUT2D eigenvalue weighted by molar-refractivity contribution is 14.1. The Bertz CT molecular complexity index is 854. The van der Waals surface area contributed by atoms with Gasteiger partial charge in [-0.2, -0.15) is 18.4 Å². The molecule has 1 heterocycles. The molecule has 0 aromatic heterocycles. The van der Waals surface area contributed by atoms with Crippen LogP contribution >= 0.6 is 22.6 Å². The molecule has 2 N–H and O–H groups in total. The van der Waals surface area contributed by atoms with E-state index in [9.17, 15) is 23.2 Å². The molecular weight excluding hydrogens is 464 g/mol. The number of ether oxygens (including phenoxy) is 2. The fourth-order valence-electron chi connectivity index (χ4n) is 2.63. The highest BCUT2D eigenvalue weighted by atomic mass is 127. The summed E-state index contributed by atoms with van der Waals surface area (Å²) < 4.78 is 50.0. The molecule has 0 saturated carbocycles. The van der Waals surface area contributed by atoms with Crippen molar-refractivity contribution in [3.63, 3.8) is 0 Å². The molecule has 0 aliphatic carbocycles. The number of nitrogens with zero attached hydrogens (tertiary/aromatic N) is 1. The predicted octanol–water partition coefficient (Wildman–Crippen LogP) is 3.95. The maximum absolute atomic E-state index is 13.3. The Morgan fingerprint density at radius 2 is 2.12 bits per heavy atom. The zero-order valence-electron chi connectivity index (χ0n) is 13.8. The molecule has 0 spiro atoms. The van der Waals surface area contributed by atoms with Gasteiger partial charge in [0.25, 0.3) is 0 Å². The zero-order valence-corrected chi connectivity index (χ0v) is 15.9. The van der Waals surface area contributed by atoms with Gasteiger partial charge in [0.15, 0.2) is 0 Å². The summed E-state index contributed by atoms with van der Waals surface area (Å²) >= 11 is 1.58. The number of carbonyl (C=O) groups is 1. The lowest BCUT2D eigenvalue weighted by Crippen LogP contribution is -2.26. The van der Waals surface area contributed by atoms with Crippen LogP contribution in [0.1, 0.15) is 30.9 Å². The molecule has 2 rings (SSSR count). The van der Waals surface area contributed by atoms with Crippen molar-refractivity contribution >= 4 is 28.6 Å². The minimum atomic E-state index is -4.58. The molecule has 9 heteroatoms. The molecule has 0 amide bonds. The Hall–Kier alpha value is -2.22. The first-order chi connectivity index (χ1) is 12.1. The first-order valence-electron chi connectivity index (χ1n) is 7.43. The van der Waals surface area contributed by atoms with Gasteiger partial charge >= 0.3 is 12.1 Å². The van der Waals surface area contributed by atoms with Crippen molar-refractivity contribution in [1.82, 2.24) is 0 Å². The zero-order chi connectivity index (χ0) is 19.6. The molecule has 0 radical (unpaired) electrons. The number of allylic oxidation sites excluding steroid dienone is 2. The fourth-order valence-corrected chi connectivity index (χ4v) is 3.27. The van der Waals surface area contributed by atoms with Gasteiger partial charge < -0.3 is 15.2 Å². The molecule has 138 valence electrons. The number of halogens is 4. The average molecular weight is 478 g/mol. The lowest BCUT2D eigenvalue weighted by molar-refractivity contribution is -0.139. The van der Waals surface area contributed by atoms with Crippen molar-refractivity contribution < 1.29 is 27.4 Å². The first-order valence-corrected chi connectivity index (χ1v) is 8.51. The van der Waals surface area contributed by atoms with Gasteiger partial charge in [0, 0.05) is 3.57 Å². The molecule has 1 aromatic rings. The normalized spacial score (nSPS) is 17.7. The maximum Gasteiger partial charge on any atom is 0.417 e. The van der Waals surface area contributed by atoms with Crippen LogP contribution in [0.5, 0.6) is 0 Å². The Balaban J connectivity index is 2.70. The summed E-state index contributed by atoms with van der Waals surface area (Å²) in [6.07, 6.45) is -4.58. The maximum atomic E-state index is 13.3. The second kappa shape index (κ2) is 7.57. The minimum Gasteiger partial charge on any atom is -0.463 e. The number of rotatable bonds is 3. The number of nitriles is 1. The molecule has 1 aliphatic rings. The van der Waals surface area contributed by atoms with Gasteiger partial charge in [-0.15, -0.1) is 0 Å². The highest BCUT2D eigenvalue weighted by Crippen LogP contribution is 2.42. The summed E-state index contributed by atoms with van der Waals surface area (Å²) in [5, 5.41) is 9.43. The van der Waals surface area contributed by atoms with Crippen LogP contribution < -0.4 is 5.73 Å². The summed E-state index contributed by atoms with van der Waals surface area (Å²) in [7, 11) is 0. The molecule has 1 atom stereocenters. The Labute approximate surface area is 161 Å². The third-order valence-corrected chi connectivity index (χ3v) is 4.67. The van der Waals surface area contributed by atoms with Crippen LogP contribution in [0.3, 0.4) is 0 Å². The van der Waals surface area contributed by atoms with Crippen LogP contribution in [0.15, 0.2) is 41.0 Å². The van der Waals surface area contributed by atoms with E-state index in [0.29, 0.717) is 0 Å².